The Morgan fingerprint density at radius 1 is 0.333 bits per heavy atom. The molecule has 0 saturated carbocycles. The van der Waals surface area contributed by atoms with Crippen molar-refractivity contribution in [2.24, 2.45) is 0 Å². The molecule has 10 rings (SSSR count). The molecule has 2 heterocycles. The molecule has 0 aliphatic rings. The second kappa shape index (κ2) is 11.9. The highest BCUT2D eigenvalue weighted by Crippen LogP contribution is 2.42. The van der Waals surface area contributed by atoms with E-state index >= 15 is 0 Å². The summed E-state index contributed by atoms with van der Waals surface area (Å²) in [5.74, 6) is 1.84. The smallest absolute Gasteiger partial charge is 0.164 e. The molecule has 8 aromatic carbocycles. The maximum absolute atomic E-state index is 6.66. The minimum Gasteiger partial charge on any atom is -0.455 e. The van der Waals surface area contributed by atoms with Crippen LogP contribution in [0.5, 0.6) is 0 Å². The van der Waals surface area contributed by atoms with Crippen LogP contribution in [0.1, 0.15) is 0 Å². The van der Waals surface area contributed by atoms with Crippen molar-refractivity contribution in [3.63, 3.8) is 0 Å². The number of nitrogens with zero attached hydrogens (tertiary/aromatic N) is 3. The Balaban J connectivity index is 1.17. The monoisotopic (exact) mass is 651 g/mol. The average Bonchev–Trinajstić information content (AvgIpc) is 3.61. The lowest BCUT2D eigenvalue weighted by atomic mass is 9.96. The van der Waals surface area contributed by atoms with Gasteiger partial charge in [-0.3, -0.25) is 0 Å². The van der Waals surface area contributed by atoms with Gasteiger partial charge < -0.3 is 4.42 Å². The molecule has 2 aromatic heterocycles. The zero-order valence-electron chi connectivity index (χ0n) is 27.5. The molecule has 0 fully saturated rings. The van der Waals surface area contributed by atoms with Crippen LogP contribution in [0, 0.1) is 0 Å². The number of para-hydroxylation sites is 1. The van der Waals surface area contributed by atoms with E-state index < -0.39 is 0 Å². The number of rotatable bonds is 5. The Hall–Kier alpha value is -6.91. The van der Waals surface area contributed by atoms with Crippen LogP contribution in [-0.2, 0) is 0 Å². The molecule has 4 heteroatoms. The summed E-state index contributed by atoms with van der Waals surface area (Å²) in [6, 6.07) is 61.0. The van der Waals surface area contributed by atoms with Crippen LogP contribution in [0.15, 0.2) is 180 Å². The van der Waals surface area contributed by atoms with Gasteiger partial charge in [-0.05, 0) is 62.5 Å². The lowest BCUT2D eigenvalue weighted by molar-refractivity contribution is 0.670. The van der Waals surface area contributed by atoms with Crippen molar-refractivity contribution in [2.45, 2.75) is 0 Å². The molecule has 0 aliphatic carbocycles. The van der Waals surface area contributed by atoms with Gasteiger partial charge in [0.25, 0.3) is 0 Å². The van der Waals surface area contributed by atoms with Crippen molar-refractivity contribution in [1.82, 2.24) is 15.0 Å². The van der Waals surface area contributed by atoms with Crippen molar-refractivity contribution < 1.29 is 4.42 Å². The Bertz CT molecular complexity index is 2900. The van der Waals surface area contributed by atoms with Gasteiger partial charge in [0.1, 0.15) is 11.2 Å². The largest absolute Gasteiger partial charge is 0.455 e. The van der Waals surface area contributed by atoms with Crippen LogP contribution in [0.3, 0.4) is 0 Å². The minimum absolute atomic E-state index is 0.597. The summed E-state index contributed by atoms with van der Waals surface area (Å²) in [6.07, 6.45) is 0. The van der Waals surface area contributed by atoms with Crippen molar-refractivity contribution in [3.8, 4) is 56.4 Å². The predicted octanol–water partition coefficient (Wildman–Crippen LogP) is 12.4. The van der Waals surface area contributed by atoms with E-state index in [2.05, 4.69) is 127 Å². The highest BCUT2D eigenvalue weighted by molar-refractivity contribution is 6.16. The van der Waals surface area contributed by atoms with Crippen molar-refractivity contribution in [1.29, 1.82) is 0 Å². The van der Waals surface area contributed by atoms with E-state index in [-0.39, 0.29) is 0 Å². The van der Waals surface area contributed by atoms with E-state index in [0.29, 0.717) is 17.5 Å². The van der Waals surface area contributed by atoms with Gasteiger partial charge in [0, 0.05) is 33.0 Å². The first-order valence-corrected chi connectivity index (χ1v) is 17.1. The average molecular weight is 652 g/mol. The molecular formula is C47H29N3O. The summed E-state index contributed by atoms with van der Waals surface area (Å²) in [5.41, 5.74) is 8.84. The van der Waals surface area contributed by atoms with Gasteiger partial charge in [-0.15, -0.1) is 0 Å². The van der Waals surface area contributed by atoms with Gasteiger partial charge in [0.15, 0.2) is 17.5 Å². The van der Waals surface area contributed by atoms with Gasteiger partial charge in [-0.1, -0.05) is 152 Å². The van der Waals surface area contributed by atoms with Gasteiger partial charge >= 0.3 is 0 Å². The number of benzene rings is 8. The highest BCUT2D eigenvalue weighted by Gasteiger charge is 2.21. The molecule has 0 N–H and O–H groups in total. The number of hydrogen-bond donors (Lipinski definition) is 0. The van der Waals surface area contributed by atoms with Crippen LogP contribution >= 0.6 is 0 Å². The summed E-state index contributed by atoms with van der Waals surface area (Å²) in [4.78, 5) is 15.4. The highest BCUT2D eigenvalue weighted by atomic mass is 16.3. The Morgan fingerprint density at radius 3 is 1.69 bits per heavy atom. The van der Waals surface area contributed by atoms with E-state index in [0.717, 1.165) is 55.1 Å². The molecule has 0 amide bonds. The molecular weight excluding hydrogens is 623 g/mol. The van der Waals surface area contributed by atoms with Crippen LogP contribution in [0.25, 0.3) is 99.9 Å². The lowest BCUT2D eigenvalue weighted by Crippen LogP contribution is -2.00. The molecule has 0 aliphatic heterocycles. The van der Waals surface area contributed by atoms with E-state index in [4.69, 9.17) is 19.4 Å². The third kappa shape index (κ3) is 5.04. The predicted molar refractivity (Wildman–Crippen MR) is 209 cm³/mol. The maximum atomic E-state index is 6.66. The second-order valence-corrected chi connectivity index (χ2v) is 12.8. The molecule has 4 nitrogen and oxygen atoms in total. The molecule has 0 radical (unpaired) electrons. The Kier molecular flexibility index (Phi) is 6.78. The molecule has 0 spiro atoms. The second-order valence-electron chi connectivity index (χ2n) is 12.8. The van der Waals surface area contributed by atoms with Gasteiger partial charge in [0.2, 0.25) is 0 Å². The first-order valence-electron chi connectivity index (χ1n) is 17.1. The summed E-state index contributed by atoms with van der Waals surface area (Å²) in [5, 5.41) is 6.79. The van der Waals surface area contributed by atoms with Gasteiger partial charge in [-0.2, -0.15) is 0 Å². The standard InChI is InChI=1S/C47H29N3O/c1-3-11-30(12-4-1)31-19-21-33(22-20-31)39-27-28-41(43-40-17-9-10-18-42(40)51-44(39)43)47-49-45(34-14-5-2-6-15-34)48-46(50-47)36-25-26-38-35(29-36)24-23-32-13-7-8-16-37(32)38/h1-29H. The Labute approximate surface area is 294 Å². The van der Waals surface area contributed by atoms with Crippen molar-refractivity contribution >= 4 is 43.5 Å². The molecule has 0 bridgehead atoms. The molecule has 238 valence electrons. The Morgan fingerprint density at radius 2 is 0.882 bits per heavy atom. The third-order valence-corrected chi connectivity index (χ3v) is 9.74. The normalized spacial score (nSPS) is 11.5. The number of aromatic nitrogens is 3. The van der Waals surface area contributed by atoms with E-state index in [1.807, 2.05) is 48.5 Å². The fourth-order valence-electron chi connectivity index (χ4n) is 7.21. The maximum Gasteiger partial charge on any atom is 0.164 e. The number of hydrogen-bond acceptors (Lipinski definition) is 4. The summed E-state index contributed by atoms with van der Waals surface area (Å²) < 4.78 is 6.66. The molecule has 0 atom stereocenters. The quantitative estimate of drug-likeness (QED) is 0.174. The summed E-state index contributed by atoms with van der Waals surface area (Å²) >= 11 is 0. The van der Waals surface area contributed by atoms with E-state index in [1.165, 1.54) is 27.3 Å². The van der Waals surface area contributed by atoms with Crippen LogP contribution in [0.2, 0.25) is 0 Å². The zero-order valence-corrected chi connectivity index (χ0v) is 27.5. The first kappa shape index (κ1) is 29.0. The van der Waals surface area contributed by atoms with E-state index in [9.17, 15) is 0 Å². The SMILES string of the molecule is c1ccc(-c2ccc(-c3ccc(-c4nc(-c5ccccc5)nc(-c5ccc6c(ccc7ccccc76)c5)n4)c4c3oc3ccccc34)cc2)cc1. The lowest BCUT2D eigenvalue weighted by Gasteiger charge is -2.12. The van der Waals surface area contributed by atoms with Crippen LogP contribution in [0.4, 0.5) is 0 Å². The number of furan rings is 1. The first-order chi connectivity index (χ1) is 25.3. The number of fused-ring (bicyclic) bond motifs is 6. The van der Waals surface area contributed by atoms with Crippen LogP contribution < -0.4 is 0 Å². The molecule has 10 aromatic rings. The zero-order chi connectivity index (χ0) is 33.7. The summed E-state index contributed by atoms with van der Waals surface area (Å²) in [6.45, 7) is 0. The third-order valence-electron chi connectivity index (χ3n) is 9.74. The van der Waals surface area contributed by atoms with E-state index in [1.54, 1.807) is 0 Å². The van der Waals surface area contributed by atoms with Gasteiger partial charge in [-0.25, -0.2) is 15.0 Å². The molecule has 0 saturated heterocycles. The molecule has 51 heavy (non-hydrogen) atoms. The molecule has 0 unspecified atom stereocenters. The van der Waals surface area contributed by atoms with Crippen molar-refractivity contribution in [2.75, 3.05) is 0 Å². The van der Waals surface area contributed by atoms with Crippen LogP contribution in [-0.4, -0.2) is 15.0 Å². The topological polar surface area (TPSA) is 51.8 Å². The summed E-state index contributed by atoms with van der Waals surface area (Å²) in [7, 11) is 0. The minimum atomic E-state index is 0.597. The fourth-order valence-corrected chi connectivity index (χ4v) is 7.21. The fraction of sp³-hybridized carbons (Fsp3) is 0. The van der Waals surface area contributed by atoms with Gasteiger partial charge in [0.05, 0.1) is 0 Å². The van der Waals surface area contributed by atoms with Crippen molar-refractivity contribution in [3.05, 3.63) is 176 Å².